The summed E-state index contributed by atoms with van der Waals surface area (Å²) in [6.07, 6.45) is 0. The van der Waals surface area contributed by atoms with Gasteiger partial charge in [0.05, 0.1) is 10.7 Å². The van der Waals surface area contributed by atoms with Gasteiger partial charge in [-0.1, -0.05) is 72.3 Å². The average Bonchev–Trinajstić information content (AvgIpc) is 3.05. The monoisotopic (exact) mass is 393 g/mol. The van der Waals surface area contributed by atoms with E-state index in [1.165, 1.54) is 11.3 Å². The van der Waals surface area contributed by atoms with E-state index in [1.807, 2.05) is 78.9 Å². The van der Waals surface area contributed by atoms with Crippen molar-refractivity contribution >= 4 is 44.6 Å². The Hall–Kier alpha value is -2.82. The van der Waals surface area contributed by atoms with Crippen LogP contribution in [0, 0.1) is 0 Å². The summed E-state index contributed by atoms with van der Waals surface area (Å²) in [5.41, 5.74) is 1.68. The van der Waals surface area contributed by atoms with Crippen LogP contribution in [0.4, 0.5) is 5.69 Å². The van der Waals surface area contributed by atoms with Gasteiger partial charge in [0.15, 0.2) is 0 Å². The molecule has 0 saturated heterocycles. The van der Waals surface area contributed by atoms with E-state index in [0.717, 1.165) is 15.6 Å². The lowest BCUT2D eigenvalue weighted by atomic mass is 10.2. The van der Waals surface area contributed by atoms with Crippen LogP contribution in [0.25, 0.3) is 10.1 Å². The van der Waals surface area contributed by atoms with E-state index in [-0.39, 0.29) is 5.91 Å². The molecule has 0 aliphatic heterocycles. The van der Waals surface area contributed by atoms with Crippen LogP contribution in [-0.2, 0) is 6.61 Å². The Bertz CT molecular complexity index is 1090. The first kappa shape index (κ1) is 17.6. The summed E-state index contributed by atoms with van der Waals surface area (Å²) in [5, 5.41) is 4.30. The third-order valence-corrected chi connectivity index (χ3v) is 5.79. The maximum Gasteiger partial charge on any atom is 0.267 e. The molecule has 0 saturated carbocycles. The van der Waals surface area contributed by atoms with Gasteiger partial charge in [0, 0.05) is 10.1 Å². The highest BCUT2D eigenvalue weighted by molar-refractivity contribution is 7.21. The van der Waals surface area contributed by atoms with Gasteiger partial charge < -0.3 is 10.1 Å². The lowest BCUT2D eigenvalue weighted by Gasteiger charge is -2.12. The molecule has 3 aromatic carbocycles. The summed E-state index contributed by atoms with van der Waals surface area (Å²) in [5.74, 6) is 0.379. The Kier molecular flexibility index (Phi) is 5.10. The fraction of sp³-hybridized carbons (Fsp3) is 0.0455. The third-order valence-electron chi connectivity index (χ3n) is 4.11. The van der Waals surface area contributed by atoms with Crippen molar-refractivity contribution in [1.29, 1.82) is 0 Å². The van der Waals surface area contributed by atoms with E-state index in [9.17, 15) is 4.79 Å². The number of carbonyl (C=O) groups excluding carboxylic acids is 1. The number of ether oxygens (including phenoxy) is 1. The molecule has 5 heteroatoms. The van der Waals surface area contributed by atoms with E-state index < -0.39 is 0 Å². The molecule has 27 heavy (non-hydrogen) atoms. The molecule has 4 aromatic rings. The molecular formula is C22H16ClNO2S. The molecule has 4 rings (SSSR count). The van der Waals surface area contributed by atoms with Crippen LogP contribution in [0.5, 0.6) is 5.75 Å². The smallest absolute Gasteiger partial charge is 0.267 e. The fourth-order valence-corrected chi connectivity index (χ4v) is 4.18. The van der Waals surface area contributed by atoms with E-state index in [2.05, 4.69) is 5.32 Å². The minimum absolute atomic E-state index is 0.239. The highest BCUT2D eigenvalue weighted by atomic mass is 35.5. The first-order valence-corrected chi connectivity index (χ1v) is 9.66. The van der Waals surface area contributed by atoms with E-state index in [1.54, 1.807) is 0 Å². The molecule has 0 spiro atoms. The molecule has 1 aromatic heterocycles. The van der Waals surface area contributed by atoms with Crippen molar-refractivity contribution in [2.24, 2.45) is 0 Å². The summed E-state index contributed by atoms with van der Waals surface area (Å²) in [6, 6.07) is 25.0. The van der Waals surface area contributed by atoms with E-state index >= 15 is 0 Å². The van der Waals surface area contributed by atoms with Gasteiger partial charge in [0.2, 0.25) is 0 Å². The van der Waals surface area contributed by atoms with Crippen LogP contribution in [0.15, 0.2) is 78.9 Å². The minimum Gasteiger partial charge on any atom is -0.487 e. The Morgan fingerprint density at radius 3 is 2.44 bits per heavy atom. The Balaban J connectivity index is 1.55. The molecule has 0 bridgehead atoms. The summed E-state index contributed by atoms with van der Waals surface area (Å²) < 4.78 is 6.89. The van der Waals surface area contributed by atoms with Crippen molar-refractivity contribution in [2.45, 2.75) is 6.61 Å². The Morgan fingerprint density at radius 1 is 0.926 bits per heavy atom. The summed E-state index contributed by atoms with van der Waals surface area (Å²) >= 11 is 7.80. The summed E-state index contributed by atoms with van der Waals surface area (Å²) in [6.45, 7) is 0.428. The zero-order chi connectivity index (χ0) is 18.6. The third kappa shape index (κ3) is 3.82. The zero-order valence-electron chi connectivity index (χ0n) is 14.3. The molecule has 1 amide bonds. The Labute approximate surface area is 166 Å². The fourth-order valence-electron chi connectivity index (χ4n) is 2.77. The van der Waals surface area contributed by atoms with Crippen molar-refractivity contribution in [3.8, 4) is 5.75 Å². The standard InChI is InChI=1S/C22H16ClNO2S/c23-20-16-10-4-7-13-19(16)27-21(20)22(25)24-17-11-5-6-12-18(17)26-14-15-8-2-1-3-9-15/h1-13H,14H2,(H,24,25). The average molecular weight is 394 g/mol. The molecule has 0 fully saturated rings. The molecule has 134 valence electrons. The second-order valence-corrected chi connectivity index (χ2v) is 7.40. The zero-order valence-corrected chi connectivity index (χ0v) is 15.9. The predicted octanol–water partition coefficient (Wildman–Crippen LogP) is 6.39. The second-order valence-electron chi connectivity index (χ2n) is 5.97. The second kappa shape index (κ2) is 7.82. The number of rotatable bonds is 5. The van der Waals surface area contributed by atoms with Crippen LogP contribution in [0.2, 0.25) is 5.02 Å². The van der Waals surface area contributed by atoms with Crippen LogP contribution in [0.3, 0.4) is 0 Å². The van der Waals surface area contributed by atoms with Crippen LogP contribution < -0.4 is 10.1 Å². The van der Waals surface area contributed by atoms with E-state index in [0.29, 0.717) is 27.9 Å². The number of para-hydroxylation sites is 2. The molecule has 0 radical (unpaired) electrons. The van der Waals surface area contributed by atoms with Crippen molar-refractivity contribution in [3.63, 3.8) is 0 Å². The largest absolute Gasteiger partial charge is 0.487 e. The lowest BCUT2D eigenvalue weighted by Crippen LogP contribution is -2.12. The number of amides is 1. The number of anilines is 1. The highest BCUT2D eigenvalue weighted by Gasteiger charge is 2.18. The molecule has 0 atom stereocenters. The van der Waals surface area contributed by atoms with Gasteiger partial charge in [-0.3, -0.25) is 4.79 Å². The maximum atomic E-state index is 12.8. The number of carbonyl (C=O) groups is 1. The normalized spacial score (nSPS) is 10.7. The van der Waals surface area contributed by atoms with Crippen molar-refractivity contribution < 1.29 is 9.53 Å². The number of thiophene rings is 1. The molecule has 1 heterocycles. The van der Waals surface area contributed by atoms with Crippen molar-refractivity contribution in [3.05, 3.63) is 94.3 Å². The molecular weight excluding hydrogens is 378 g/mol. The van der Waals surface area contributed by atoms with Gasteiger partial charge in [0.1, 0.15) is 17.2 Å². The number of hydrogen-bond donors (Lipinski definition) is 1. The van der Waals surface area contributed by atoms with Gasteiger partial charge >= 0.3 is 0 Å². The van der Waals surface area contributed by atoms with Crippen molar-refractivity contribution in [1.82, 2.24) is 0 Å². The molecule has 1 N–H and O–H groups in total. The first-order chi connectivity index (χ1) is 13.2. The minimum atomic E-state index is -0.239. The van der Waals surface area contributed by atoms with Crippen LogP contribution in [0.1, 0.15) is 15.2 Å². The number of halogens is 1. The van der Waals surface area contributed by atoms with Crippen LogP contribution >= 0.6 is 22.9 Å². The molecule has 0 aliphatic rings. The summed E-state index contributed by atoms with van der Waals surface area (Å²) in [7, 11) is 0. The molecule has 0 aliphatic carbocycles. The Morgan fingerprint density at radius 2 is 1.63 bits per heavy atom. The molecule has 0 unspecified atom stereocenters. The first-order valence-electron chi connectivity index (χ1n) is 8.46. The van der Waals surface area contributed by atoms with Gasteiger partial charge in [-0.05, 0) is 23.8 Å². The quantitative estimate of drug-likeness (QED) is 0.426. The highest BCUT2D eigenvalue weighted by Crippen LogP contribution is 2.36. The number of hydrogen-bond acceptors (Lipinski definition) is 3. The lowest BCUT2D eigenvalue weighted by molar-refractivity contribution is 0.103. The SMILES string of the molecule is O=C(Nc1ccccc1OCc1ccccc1)c1sc2ccccc2c1Cl. The number of nitrogens with one attached hydrogen (secondary N) is 1. The van der Waals surface area contributed by atoms with Gasteiger partial charge in [-0.2, -0.15) is 0 Å². The molecule has 3 nitrogen and oxygen atoms in total. The topological polar surface area (TPSA) is 38.3 Å². The van der Waals surface area contributed by atoms with Gasteiger partial charge in [0.25, 0.3) is 5.91 Å². The van der Waals surface area contributed by atoms with Gasteiger partial charge in [-0.15, -0.1) is 11.3 Å². The number of benzene rings is 3. The summed E-state index contributed by atoms with van der Waals surface area (Å²) in [4.78, 5) is 13.3. The van der Waals surface area contributed by atoms with Gasteiger partial charge in [-0.25, -0.2) is 0 Å². The van der Waals surface area contributed by atoms with Crippen molar-refractivity contribution in [2.75, 3.05) is 5.32 Å². The maximum absolute atomic E-state index is 12.8. The number of fused-ring (bicyclic) bond motifs is 1. The predicted molar refractivity (Wildman–Crippen MR) is 112 cm³/mol. The van der Waals surface area contributed by atoms with E-state index in [4.69, 9.17) is 16.3 Å². The van der Waals surface area contributed by atoms with Crippen LogP contribution in [-0.4, -0.2) is 5.91 Å².